The number of rotatable bonds is 7. The summed E-state index contributed by atoms with van der Waals surface area (Å²) < 4.78 is 39.1. The molecule has 2 atom stereocenters. The van der Waals surface area contributed by atoms with E-state index in [4.69, 9.17) is 9.47 Å². The Labute approximate surface area is 206 Å². The van der Waals surface area contributed by atoms with Gasteiger partial charge in [0, 0.05) is 25.2 Å². The number of carbonyl (C=O) groups excluding carboxylic acids is 2. The molecule has 9 nitrogen and oxygen atoms in total. The van der Waals surface area contributed by atoms with Gasteiger partial charge < -0.3 is 14.8 Å². The van der Waals surface area contributed by atoms with Crippen molar-refractivity contribution in [3.8, 4) is 11.5 Å². The number of piperidine rings is 1. The molecule has 4 rings (SSSR count). The molecule has 188 valence electrons. The predicted octanol–water partition coefficient (Wildman–Crippen LogP) is 2.40. The number of benzene rings is 2. The molecule has 2 aliphatic heterocycles. The van der Waals surface area contributed by atoms with Gasteiger partial charge in [-0.05, 0) is 42.5 Å². The quantitative estimate of drug-likeness (QED) is 0.625. The van der Waals surface area contributed by atoms with E-state index in [9.17, 15) is 18.0 Å². The van der Waals surface area contributed by atoms with Crippen LogP contribution < -0.4 is 19.7 Å². The van der Waals surface area contributed by atoms with Gasteiger partial charge in [0.05, 0.1) is 17.7 Å². The summed E-state index contributed by atoms with van der Waals surface area (Å²) in [6.07, 6.45) is 0.982. The third-order valence-corrected chi connectivity index (χ3v) is 8.14. The largest absolute Gasteiger partial charge is 0.496 e. The molecule has 1 saturated heterocycles. The summed E-state index contributed by atoms with van der Waals surface area (Å²) in [6, 6.07) is 11.8. The number of hydrogen-bond acceptors (Lipinski definition) is 6. The third-order valence-electron chi connectivity index (χ3n) is 6.32. The van der Waals surface area contributed by atoms with Crippen LogP contribution in [-0.4, -0.2) is 57.9 Å². The zero-order chi connectivity index (χ0) is 25.2. The molecule has 2 aromatic carbocycles. The van der Waals surface area contributed by atoms with Crippen LogP contribution in [0.5, 0.6) is 11.5 Å². The predicted molar refractivity (Wildman–Crippen MR) is 131 cm³/mol. The van der Waals surface area contributed by atoms with E-state index in [1.165, 1.54) is 21.3 Å². The van der Waals surface area contributed by atoms with Gasteiger partial charge in [-0.2, -0.15) is 4.31 Å². The molecule has 35 heavy (non-hydrogen) atoms. The Morgan fingerprint density at radius 3 is 2.57 bits per heavy atom. The van der Waals surface area contributed by atoms with Crippen LogP contribution in [0.25, 0.3) is 0 Å². The zero-order valence-electron chi connectivity index (χ0n) is 20.2. The Kier molecular flexibility index (Phi) is 7.32. The van der Waals surface area contributed by atoms with Crippen molar-refractivity contribution in [3.63, 3.8) is 0 Å². The number of nitrogens with one attached hydrogen (secondary N) is 1. The average molecular weight is 502 g/mol. The van der Waals surface area contributed by atoms with Crippen LogP contribution in [0.2, 0.25) is 0 Å². The highest BCUT2D eigenvalue weighted by atomic mass is 32.2. The van der Waals surface area contributed by atoms with Gasteiger partial charge in [0.2, 0.25) is 15.9 Å². The number of amides is 2. The molecule has 0 spiro atoms. The van der Waals surface area contributed by atoms with E-state index >= 15 is 0 Å². The Bertz CT molecular complexity index is 1210. The number of anilines is 1. The fourth-order valence-electron chi connectivity index (χ4n) is 4.71. The van der Waals surface area contributed by atoms with Crippen LogP contribution in [0.15, 0.2) is 47.4 Å². The second-order valence-electron chi connectivity index (χ2n) is 9.25. The van der Waals surface area contributed by atoms with Crippen LogP contribution in [0.1, 0.15) is 25.8 Å². The first-order chi connectivity index (χ1) is 16.7. The first-order valence-electron chi connectivity index (χ1n) is 11.6. The number of fused-ring (bicyclic) bond motifs is 1. The molecule has 0 aliphatic carbocycles. The minimum absolute atomic E-state index is 0.0790. The lowest BCUT2D eigenvalue weighted by molar-refractivity contribution is -0.125. The summed E-state index contributed by atoms with van der Waals surface area (Å²) in [7, 11) is -2.20. The molecule has 0 aromatic heterocycles. The molecule has 0 radical (unpaired) electrons. The molecule has 1 N–H and O–H groups in total. The highest BCUT2D eigenvalue weighted by Gasteiger charge is 2.34. The number of methoxy groups -OCH3 is 1. The molecule has 0 bridgehead atoms. The molecule has 0 unspecified atom stereocenters. The van der Waals surface area contributed by atoms with E-state index in [-0.39, 0.29) is 48.0 Å². The minimum atomic E-state index is -3.76. The molecule has 1 fully saturated rings. The molecule has 0 saturated carbocycles. The topological polar surface area (TPSA) is 105 Å². The Balaban J connectivity index is 1.53. The summed E-state index contributed by atoms with van der Waals surface area (Å²) in [5.41, 5.74) is 1.07. The van der Waals surface area contributed by atoms with Crippen LogP contribution in [-0.2, 0) is 26.2 Å². The van der Waals surface area contributed by atoms with E-state index in [2.05, 4.69) is 5.32 Å². The van der Waals surface area contributed by atoms with Gasteiger partial charge in [-0.15, -0.1) is 0 Å². The van der Waals surface area contributed by atoms with Crippen molar-refractivity contribution in [3.05, 3.63) is 48.0 Å². The highest BCUT2D eigenvalue weighted by molar-refractivity contribution is 7.89. The standard InChI is InChI=1S/C25H31N3O6S/c1-17-10-18(2)14-27(13-17)35(31,32)20-8-9-23-21(11-20)28(25(30)16-34-23)15-24(29)26-12-19-6-4-5-7-22(19)33-3/h4-9,11,17-18H,10,12-16H2,1-3H3,(H,26,29)/t17-,18+. The SMILES string of the molecule is COc1ccccc1CNC(=O)CN1C(=O)COc2ccc(S(=O)(=O)N3C[C@H](C)C[C@H](C)C3)cc21. The fourth-order valence-corrected chi connectivity index (χ4v) is 6.41. The first-order valence-corrected chi connectivity index (χ1v) is 13.1. The maximum absolute atomic E-state index is 13.4. The minimum Gasteiger partial charge on any atom is -0.496 e. The molecular weight excluding hydrogens is 470 g/mol. The first kappa shape index (κ1) is 25.0. The van der Waals surface area contributed by atoms with Crippen molar-refractivity contribution in [2.45, 2.75) is 31.7 Å². The highest BCUT2D eigenvalue weighted by Crippen LogP contribution is 2.36. The number of sulfonamides is 1. The van der Waals surface area contributed by atoms with Crippen molar-refractivity contribution < 1.29 is 27.5 Å². The van der Waals surface area contributed by atoms with Crippen LogP contribution in [0.4, 0.5) is 5.69 Å². The van der Waals surface area contributed by atoms with Crippen LogP contribution >= 0.6 is 0 Å². The van der Waals surface area contributed by atoms with Gasteiger partial charge in [-0.25, -0.2) is 8.42 Å². The van der Waals surface area contributed by atoms with Crippen LogP contribution in [0.3, 0.4) is 0 Å². The zero-order valence-corrected chi connectivity index (χ0v) is 21.0. The Morgan fingerprint density at radius 2 is 1.86 bits per heavy atom. The number of hydrogen-bond donors (Lipinski definition) is 1. The normalized spacial score (nSPS) is 20.7. The molecule has 2 aromatic rings. The molecule has 10 heteroatoms. The maximum Gasteiger partial charge on any atom is 0.265 e. The summed E-state index contributed by atoms with van der Waals surface area (Å²) in [4.78, 5) is 26.7. The molecule has 2 heterocycles. The Morgan fingerprint density at radius 1 is 1.14 bits per heavy atom. The maximum atomic E-state index is 13.4. The van der Waals surface area contributed by atoms with Gasteiger partial charge >= 0.3 is 0 Å². The van der Waals surface area contributed by atoms with Crippen LogP contribution in [0, 0.1) is 11.8 Å². The number of nitrogens with zero attached hydrogens (tertiary/aromatic N) is 2. The van der Waals surface area contributed by atoms with Crippen molar-refractivity contribution in [2.24, 2.45) is 11.8 Å². The average Bonchev–Trinajstić information content (AvgIpc) is 2.83. The summed E-state index contributed by atoms with van der Waals surface area (Å²) in [5, 5.41) is 2.80. The summed E-state index contributed by atoms with van der Waals surface area (Å²) in [5.74, 6) is 0.737. The van der Waals surface area contributed by atoms with E-state index in [0.29, 0.717) is 24.6 Å². The van der Waals surface area contributed by atoms with Gasteiger partial charge in [-0.3, -0.25) is 14.5 Å². The van der Waals surface area contributed by atoms with E-state index < -0.39 is 15.9 Å². The van der Waals surface area contributed by atoms with E-state index in [0.717, 1.165) is 12.0 Å². The number of para-hydroxylation sites is 1. The third kappa shape index (κ3) is 5.43. The summed E-state index contributed by atoms with van der Waals surface area (Å²) in [6.45, 7) is 4.74. The fraction of sp³-hybridized carbons (Fsp3) is 0.440. The number of carbonyl (C=O) groups is 2. The second-order valence-corrected chi connectivity index (χ2v) is 11.2. The Hall–Kier alpha value is -3.11. The molecular formula is C25H31N3O6S. The lowest BCUT2D eigenvalue weighted by Crippen LogP contribution is -2.45. The summed E-state index contributed by atoms with van der Waals surface area (Å²) >= 11 is 0. The molecule has 2 amide bonds. The smallest absolute Gasteiger partial charge is 0.265 e. The lowest BCUT2D eigenvalue weighted by Gasteiger charge is -2.34. The van der Waals surface area contributed by atoms with E-state index in [1.54, 1.807) is 19.2 Å². The number of ether oxygens (including phenoxy) is 2. The van der Waals surface area contributed by atoms with Gasteiger partial charge in [-0.1, -0.05) is 32.0 Å². The van der Waals surface area contributed by atoms with Gasteiger partial charge in [0.1, 0.15) is 18.0 Å². The van der Waals surface area contributed by atoms with Gasteiger partial charge in [0.15, 0.2) is 6.61 Å². The lowest BCUT2D eigenvalue weighted by atomic mass is 9.94. The second kappa shape index (κ2) is 10.2. The van der Waals surface area contributed by atoms with Crippen molar-refractivity contribution >= 4 is 27.5 Å². The molecule has 2 aliphatic rings. The van der Waals surface area contributed by atoms with E-state index in [1.807, 2.05) is 32.0 Å². The van der Waals surface area contributed by atoms with Crippen molar-refractivity contribution in [2.75, 3.05) is 38.3 Å². The monoisotopic (exact) mass is 501 g/mol. The van der Waals surface area contributed by atoms with Crippen molar-refractivity contribution in [1.82, 2.24) is 9.62 Å². The van der Waals surface area contributed by atoms with Gasteiger partial charge in [0.25, 0.3) is 5.91 Å². The van der Waals surface area contributed by atoms with Crippen molar-refractivity contribution in [1.29, 1.82) is 0 Å².